The van der Waals surface area contributed by atoms with Gasteiger partial charge in [0.15, 0.2) is 0 Å². The SMILES string of the molecule is C[C@H](CCCCNC(=O)CCCCCNC(=O)[C@H](C)Cc1ccccc1)C(=O)O. The number of nitrogens with one attached hydrogen (secondary N) is 2. The lowest BCUT2D eigenvalue weighted by atomic mass is 10.0. The largest absolute Gasteiger partial charge is 0.481 e. The van der Waals surface area contributed by atoms with Crippen LogP contribution in [-0.4, -0.2) is 36.0 Å². The number of carboxylic acids is 1. The molecular formula is C23H36N2O4. The van der Waals surface area contributed by atoms with E-state index in [1.165, 1.54) is 0 Å². The van der Waals surface area contributed by atoms with E-state index < -0.39 is 5.97 Å². The molecule has 1 aromatic rings. The fourth-order valence-corrected chi connectivity index (χ4v) is 3.05. The maximum atomic E-state index is 12.1. The van der Waals surface area contributed by atoms with Crippen LogP contribution >= 0.6 is 0 Å². The fourth-order valence-electron chi connectivity index (χ4n) is 3.05. The summed E-state index contributed by atoms with van der Waals surface area (Å²) in [5, 5.41) is 14.7. The van der Waals surface area contributed by atoms with Crippen molar-refractivity contribution in [3.63, 3.8) is 0 Å². The van der Waals surface area contributed by atoms with Gasteiger partial charge in [0.05, 0.1) is 5.92 Å². The van der Waals surface area contributed by atoms with Crippen molar-refractivity contribution < 1.29 is 19.5 Å². The monoisotopic (exact) mass is 404 g/mol. The molecule has 0 aromatic heterocycles. The van der Waals surface area contributed by atoms with Gasteiger partial charge in [0.25, 0.3) is 0 Å². The van der Waals surface area contributed by atoms with Crippen molar-refractivity contribution in [2.75, 3.05) is 13.1 Å². The van der Waals surface area contributed by atoms with Crippen LogP contribution in [0.5, 0.6) is 0 Å². The van der Waals surface area contributed by atoms with Gasteiger partial charge in [-0.2, -0.15) is 0 Å². The molecule has 0 aliphatic rings. The van der Waals surface area contributed by atoms with Gasteiger partial charge in [-0.15, -0.1) is 0 Å². The summed E-state index contributed by atoms with van der Waals surface area (Å²) in [6, 6.07) is 10.0. The minimum Gasteiger partial charge on any atom is -0.481 e. The summed E-state index contributed by atoms with van der Waals surface area (Å²) in [5.74, 6) is -1.04. The minimum absolute atomic E-state index is 0.0387. The molecule has 3 N–H and O–H groups in total. The lowest BCUT2D eigenvalue weighted by Gasteiger charge is -2.12. The first-order valence-electron chi connectivity index (χ1n) is 10.7. The van der Waals surface area contributed by atoms with Crippen molar-refractivity contribution in [3.8, 4) is 0 Å². The Hall–Kier alpha value is -2.37. The second-order valence-electron chi connectivity index (χ2n) is 7.78. The molecule has 0 aliphatic heterocycles. The zero-order valence-corrected chi connectivity index (χ0v) is 17.8. The van der Waals surface area contributed by atoms with Gasteiger partial charge < -0.3 is 15.7 Å². The Bertz CT molecular complexity index is 619. The molecule has 0 bridgehead atoms. The highest BCUT2D eigenvalue weighted by atomic mass is 16.4. The van der Waals surface area contributed by atoms with Crippen LogP contribution in [0.25, 0.3) is 0 Å². The molecule has 0 fully saturated rings. The Morgan fingerprint density at radius 1 is 0.862 bits per heavy atom. The lowest BCUT2D eigenvalue weighted by molar-refractivity contribution is -0.141. The predicted molar refractivity (Wildman–Crippen MR) is 114 cm³/mol. The van der Waals surface area contributed by atoms with E-state index >= 15 is 0 Å². The number of carboxylic acid groups (broad SMARTS) is 1. The zero-order chi connectivity index (χ0) is 21.5. The third kappa shape index (κ3) is 11.9. The third-order valence-corrected chi connectivity index (χ3v) is 5.02. The van der Waals surface area contributed by atoms with Crippen LogP contribution in [0.4, 0.5) is 0 Å². The number of unbranched alkanes of at least 4 members (excludes halogenated alkanes) is 3. The van der Waals surface area contributed by atoms with Gasteiger partial charge in [0.2, 0.25) is 11.8 Å². The normalized spacial score (nSPS) is 12.8. The highest BCUT2D eigenvalue weighted by Crippen LogP contribution is 2.09. The first-order valence-corrected chi connectivity index (χ1v) is 10.7. The minimum atomic E-state index is -0.768. The highest BCUT2D eigenvalue weighted by Gasteiger charge is 2.13. The first kappa shape index (κ1) is 24.7. The molecular weight excluding hydrogens is 368 g/mol. The van der Waals surface area contributed by atoms with Crippen LogP contribution in [0.2, 0.25) is 0 Å². The first-order chi connectivity index (χ1) is 13.9. The van der Waals surface area contributed by atoms with Crippen molar-refractivity contribution in [2.24, 2.45) is 11.8 Å². The van der Waals surface area contributed by atoms with E-state index in [1.807, 2.05) is 37.3 Å². The molecule has 162 valence electrons. The van der Waals surface area contributed by atoms with Gasteiger partial charge in [-0.05, 0) is 37.7 Å². The van der Waals surface area contributed by atoms with Gasteiger partial charge in [-0.3, -0.25) is 14.4 Å². The number of carbonyl (C=O) groups excluding carboxylic acids is 2. The van der Waals surface area contributed by atoms with E-state index in [-0.39, 0.29) is 23.7 Å². The quantitative estimate of drug-likeness (QED) is 0.390. The average molecular weight is 405 g/mol. The van der Waals surface area contributed by atoms with E-state index in [0.29, 0.717) is 25.9 Å². The lowest BCUT2D eigenvalue weighted by Crippen LogP contribution is -2.31. The predicted octanol–water partition coefficient (Wildman–Crippen LogP) is 3.55. The molecule has 6 nitrogen and oxygen atoms in total. The molecule has 2 amide bonds. The van der Waals surface area contributed by atoms with Gasteiger partial charge in [0, 0.05) is 25.4 Å². The summed E-state index contributed by atoms with van der Waals surface area (Å²) >= 11 is 0. The molecule has 1 rings (SSSR count). The second-order valence-corrected chi connectivity index (χ2v) is 7.78. The van der Waals surface area contributed by atoms with Gasteiger partial charge in [-0.25, -0.2) is 0 Å². The maximum absolute atomic E-state index is 12.1. The Morgan fingerprint density at radius 3 is 2.21 bits per heavy atom. The zero-order valence-electron chi connectivity index (χ0n) is 17.8. The summed E-state index contributed by atoms with van der Waals surface area (Å²) in [5.41, 5.74) is 1.16. The van der Waals surface area contributed by atoms with Gasteiger partial charge >= 0.3 is 5.97 Å². The summed E-state index contributed by atoms with van der Waals surface area (Å²) in [4.78, 5) is 34.6. The number of rotatable bonds is 15. The number of carbonyl (C=O) groups is 3. The van der Waals surface area contributed by atoms with E-state index in [4.69, 9.17) is 5.11 Å². The molecule has 0 saturated carbocycles. The molecule has 6 heteroatoms. The average Bonchev–Trinajstić information content (AvgIpc) is 2.70. The van der Waals surface area contributed by atoms with Crippen molar-refractivity contribution >= 4 is 17.8 Å². The number of benzene rings is 1. The molecule has 0 radical (unpaired) electrons. The number of amides is 2. The highest BCUT2D eigenvalue weighted by molar-refractivity contribution is 5.78. The molecule has 1 aromatic carbocycles. The molecule has 0 spiro atoms. The smallest absolute Gasteiger partial charge is 0.306 e. The summed E-state index contributed by atoms with van der Waals surface area (Å²) in [6.45, 7) is 4.88. The third-order valence-electron chi connectivity index (χ3n) is 5.02. The Labute approximate surface area is 174 Å². The Balaban J connectivity index is 1.98. The van der Waals surface area contributed by atoms with Crippen LogP contribution < -0.4 is 10.6 Å². The standard InChI is InChI=1S/C23H36N2O4/c1-18(23(28)29)11-8-10-15-24-21(26)14-7-4-9-16-25-22(27)19(2)17-20-12-5-3-6-13-20/h3,5-6,12-13,18-19H,4,7-11,14-17H2,1-2H3,(H,24,26)(H,25,27)(H,28,29)/t18-,19-/m1/s1. The number of aliphatic carboxylic acids is 1. The molecule has 0 heterocycles. The van der Waals surface area contributed by atoms with Crippen molar-refractivity contribution in [2.45, 2.75) is 65.2 Å². The number of hydrogen-bond acceptors (Lipinski definition) is 3. The summed E-state index contributed by atoms with van der Waals surface area (Å²) < 4.78 is 0. The molecule has 29 heavy (non-hydrogen) atoms. The van der Waals surface area contributed by atoms with Crippen molar-refractivity contribution in [1.82, 2.24) is 10.6 Å². The number of hydrogen-bond donors (Lipinski definition) is 3. The van der Waals surface area contributed by atoms with E-state index in [0.717, 1.165) is 44.1 Å². The van der Waals surface area contributed by atoms with Crippen LogP contribution in [0.3, 0.4) is 0 Å². The molecule has 0 saturated heterocycles. The van der Waals surface area contributed by atoms with Crippen LogP contribution in [0.15, 0.2) is 30.3 Å². The van der Waals surface area contributed by atoms with E-state index in [9.17, 15) is 14.4 Å². The molecule has 0 unspecified atom stereocenters. The molecule has 2 atom stereocenters. The van der Waals surface area contributed by atoms with Crippen molar-refractivity contribution in [1.29, 1.82) is 0 Å². The van der Waals surface area contributed by atoms with Crippen LogP contribution in [-0.2, 0) is 20.8 Å². The summed E-state index contributed by atoms with van der Waals surface area (Å²) in [7, 11) is 0. The summed E-state index contributed by atoms with van der Waals surface area (Å²) in [6.07, 6.45) is 6.04. The molecule has 0 aliphatic carbocycles. The topological polar surface area (TPSA) is 95.5 Å². The van der Waals surface area contributed by atoms with Crippen LogP contribution in [0, 0.1) is 11.8 Å². The van der Waals surface area contributed by atoms with E-state index in [1.54, 1.807) is 6.92 Å². The second kappa shape index (κ2) is 14.6. The Morgan fingerprint density at radius 2 is 1.52 bits per heavy atom. The Kier molecular flexibility index (Phi) is 12.4. The van der Waals surface area contributed by atoms with Crippen LogP contribution in [0.1, 0.15) is 64.4 Å². The van der Waals surface area contributed by atoms with E-state index in [2.05, 4.69) is 10.6 Å². The van der Waals surface area contributed by atoms with Crippen molar-refractivity contribution in [3.05, 3.63) is 35.9 Å². The maximum Gasteiger partial charge on any atom is 0.306 e. The fraction of sp³-hybridized carbons (Fsp3) is 0.609. The van der Waals surface area contributed by atoms with Gasteiger partial charge in [-0.1, -0.05) is 57.0 Å². The van der Waals surface area contributed by atoms with Gasteiger partial charge in [0.1, 0.15) is 0 Å².